The number of rotatable bonds is 2. The topological polar surface area (TPSA) is 54.5 Å². The van der Waals surface area contributed by atoms with Crippen LogP contribution in [0.15, 0.2) is 47.5 Å². The third-order valence-corrected chi connectivity index (χ3v) is 3.91. The summed E-state index contributed by atoms with van der Waals surface area (Å²) in [7, 11) is 0. The Morgan fingerprint density at radius 3 is 2.90 bits per heavy atom. The lowest BCUT2D eigenvalue weighted by molar-refractivity contribution is 0.249. The fourth-order valence-electron chi connectivity index (χ4n) is 2.11. The summed E-state index contributed by atoms with van der Waals surface area (Å²) in [5.74, 6) is 1.19. The molecule has 3 rings (SSSR count). The first-order valence-corrected chi connectivity index (χ1v) is 7.81. The number of carbonyl (C=O) groups is 1. The second kappa shape index (κ2) is 6.05. The molecule has 108 valence electrons. The first-order valence-electron chi connectivity index (χ1n) is 6.58. The number of nitrogens with one attached hydrogen (secondary N) is 1. The Morgan fingerprint density at radius 2 is 2.14 bits per heavy atom. The molecule has 2 aromatic rings. The summed E-state index contributed by atoms with van der Waals surface area (Å²) in [6, 6.07) is 11.1. The van der Waals surface area contributed by atoms with E-state index >= 15 is 0 Å². The van der Waals surface area contributed by atoms with Crippen LogP contribution >= 0.6 is 11.8 Å². The van der Waals surface area contributed by atoms with Crippen LogP contribution in [0.3, 0.4) is 0 Å². The molecule has 2 amide bonds. The van der Waals surface area contributed by atoms with E-state index in [0.717, 1.165) is 10.6 Å². The lowest BCUT2D eigenvalue weighted by Crippen LogP contribution is -2.41. The number of hydrogen-bond acceptors (Lipinski definition) is 4. The number of amides is 2. The van der Waals surface area contributed by atoms with E-state index in [0.29, 0.717) is 24.7 Å². The maximum Gasteiger partial charge on any atom is 0.327 e. The molecule has 0 saturated heterocycles. The van der Waals surface area contributed by atoms with Gasteiger partial charge >= 0.3 is 6.03 Å². The Morgan fingerprint density at radius 1 is 1.33 bits per heavy atom. The van der Waals surface area contributed by atoms with Gasteiger partial charge in [0.2, 0.25) is 0 Å². The number of fused-ring (bicyclic) bond motifs is 1. The second-order valence-electron chi connectivity index (χ2n) is 4.48. The van der Waals surface area contributed by atoms with Crippen LogP contribution in [0, 0.1) is 0 Å². The van der Waals surface area contributed by atoms with E-state index in [9.17, 15) is 4.79 Å². The minimum absolute atomic E-state index is 0.199. The number of nitrogens with zero attached hydrogens (tertiary/aromatic N) is 2. The number of anilines is 2. The predicted molar refractivity (Wildman–Crippen MR) is 84.3 cm³/mol. The second-order valence-corrected chi connectivity index (χ2v) is 5.36. The van der Waals surface area contributed by atoms with Crippen molar-refractivity contribution in [2.24, 2.45) is 0 Å². The van der Waals surface area contributed by atoms with Gasteiger partial charge in [-0.05, 0) is 42.7 Å². The average Bonchev–Trinajstić information content (AvgIpc) is 2.55. The molecule has 0 saturated carbocycles. The van der Waals surface area contributed by atoms with Crippen LogP contribution in [-0.2, 0) is 0 Å². The molecule has 0 bridgehead atoms. The number of thioether (sulfide) groups is 1. The van der Waals surface area contributed by atoms with Gasteiger partial charge in [-0.25, -0.2) is 9.78 Å². The Labute approximate surface area is 127 Å². The SMILES string of the molecule is CSc1ccc(NC(=O)N2CCOc3cccnc32)cc1. The molecule has 1 N–H and O–H groups in total. The van der Waals surface area contributed by atoms with E-state index in [-0.39, 0.29) is 6.03 Å². The summed E-state index contributed by atoms with van der Waals surface area (Å²) >= 11 is 1.67. The fourth-order valence-corrected chi connectivity index (χ4v) is 2.52. The molecule has 0 fully saturated rings. The molecule has 0 aliphatic carbocycles. The molecule has 0 radical (unpaired) electrons. The molecular weight excluding hydrogens is 286 g/mol. The summed E-state index contributed by atoms with van der Waals surface area (Å²) in [4.78, 5) is 19.4. The third kappa shape index (κ3) is 2.95. The van der Waals surface area contributed by atoms with Crippen molar-refractivity contribution in [2.75, 3.05) is 29.6 Å². The number of benzene rings is 1. The first kappa shape index (κ1) is 13.8. The van der Waals surface area contributed by atoms with Gasteiger partial charge in [0.1, 0.15) is 6.61 Å². The summed E-state index contributed by atoms with van der Waals surface area (Å²) in [6.45, 7) is 0.955. The standard InChI is InChI=1S/C15H15N3O2S/c1-21-12-6-4-11(5-7-12)17-15(19)18-9-10-20-13-3-2-8-16-14(13)18/h2-8H,9-10H2,1H3,(H,17,19). The van der Waals surface area contributed by atoms with Gasteiger partial charge in [0, 0.05) is 16.8 Å². The summed E-state index contributed by atoms with van der Waals surface area (Å²) < 4.78 is 5.50. The molecule has 0 spiro atoms. The zero-order chi connectivity index (χ0) is 14.7. The fraction of sp³-hybridized carbons (Fsp3) is 0.200. The number of carbonyl (C=O) groups excluding carboxylic acids is 1. The van der Waals surface area contributed by atoms with Crippen molar-refractivity contribution < 1.29 is 9.53 Å². The number of pyridine rings is 1. The van der Waals surface area contributed by atoms with E-state index in [1.54, 1.807) is 28.9 Å². The minimum Gasteiger partial charge on any atom is -0.488 e. The molecule has 0 atom stereocenters. The van der Waals surface area contributed by atoms with E-state index in [1.807, 2.05) is 36.6 Å². The highest BCUT2D eigenvalue weighted by Crippen LogP contribution is 2.29. The molecule has 0 unspecified atom stereocenters. The van der Waals surface area contributed by atoms with Crippen LogP contribution in [0.25, 0.3) is 0 Å². The predicted octanol–water partition coefficient (Wildman–Crippen LogP) is 3.23. The molecule has 21 heavy (non-hydrogen) atoms. The highest BCUT2D eigenvalue weighted by atomic mass is 32.2. The van der Waals surface area contributed by atoms with E-state index in [2.05, 4.69) is 10.3 Å². The monoisotopic (exact) mass is 301 g/mol. The lowest BCUT2D eigenvalue weighted by Gasteiger charge is -2.28. The Balaban J connectivity index is 1.76. The number of aromatic nitrogens is 1. The largest absolute Gasteiger partial charge is 0.488 e. The van der Waals surface area contributed by atoms with Crippen LogP contribution in [0.5, 0.6) is 5.75 Å². The van der Waals surface area contributed by atoms with E-state index < -0.39 is 0 Å². The first-order chi connectivity index (χ1) is 10.3. The molecule has 5 nitrogen and oxygen atoms in total. The van der Waals surface area contributed by atoms with Crippen molar-refractivity contribution >= 4 is 29.3 Å². The van der Waals surface area contributed by atoms with Crippen molar-refractivity contribution in [3.8, 4) is 5.75 Å². The van der Waals surface area contributed by atoms with Crippen molar-refractivity contribution in [1.29, 1.82) is 0 Å². The highest BCUT2D eigenvalue weighted by molar-refractivity contribution is 7.98. The maximum atomic E-state index is 12.4. The van der Waals surface area contributed by atoms with Gasteiger partial charge in [-0.15, -0.1) is 11.8 Å². The Kier molecular flexibility index (Phi) is 3.96. The van der Waals surface area contributed by atoms with Gasteiger partial charge in [0.05, 0.1) is 6.54 Å². The minimum atomic E-state index is -0.199. The molecule has 1 aliphatic rings. The molecular formula is C15H15N3O2S. The summed E-state index contributed by atoms with van der Waals surface area (Å²) in [6.07, 6.45) is 3.67. The number of urea groups is 1. The van der Waals surface area contributed by atoms with Crippen LogP contribution in [0.1, 0.15) is 0 Å². The average molecular weight is 301 g/mol. The molecule has 6 heteroatoms. The molecule has 1 aliphatic heterocycles. The van der Waals surface area contributed by atoms with Gasteiger partial charge in [0.15, 0.2) is 11.6 Å². The number of hydrogen-bond donors (Lipinski definition) is 1. The van der Waals surface area contributed by atoms with Crippen molar-refractivity contribution in [3.63, 3.8) is 0 Å². The van der Waals surface area contributed by atoms with Crippen LogP contribution in [0.2, 0.25) is 0 Å². The summed E-state index contributed by atoms with van der Waals surface area (Å²) in [5, 5.41) is 2.89. The Hall–Kier alpha value is -2.21. The van der Waals surface area contributed by atoms with Gasteiger partial charge < -0.3 is 10.1 Å². The van der Waals surface area contributed by atoms with Crippen LogP contribution in [-0.4, -0.2) is 30.4 Å². The zero-order valence-electron chi connectivity index (χ0n) is 11.6. The van der Waals surface area contributed by atoms with Crippen molar-refractivity contribution in [1.82, 2.24) is 4.98 Å². The Bertz CT molecular complexity index is 646. The van der Waals surface area contributed by atoms with Crippen LogP contribution < -0.4 is 15.0 Å². The van der Waals surface area contributed by atoms with Gasteiger partial charge in [-0.1, -0.05) is 0 Å². The van der Waals surface area contributed by atoms with Crippen LogP contribution in [0.4, 0.5) is 16.3 Å². The maximum absolute atomic E-state index is 12.4. The van der Waals surface area contributed by atoms with Gasteiger partial charge in [0.25, 0.3) is 0 Å². The van der Waals surface area contributed by atoms with E-state index in [4.69, 9.17) is 4.74 Å². The van der Waals surface area contributed by atoms with Gasteiger partial charge in [-0.2, -0.15) is 0 Å². The zero-order valence-corrected chi connectivity index (χ0v) is 12.4. The molecule has 2 heterocycles. The molecule has 1 aromatic carbocycles. The van der Waals surface area contributed by atoms with Crippen molar-refractivity contribution in [2.45, 2.75) is 4.90 Å². The lowest BCUT2D eigenvalue weighted by atomic mass is 10.3. The number of ether oxygens (including phenoxy) is 1. The molecule has 1 aromatic heterocycles. The highest BCUT2D eigenvalue weighted by Gasteiger charge is 2.24. The quantitative estimate of drug-likeness (QED) is 0.865. The van der Waals surface area contributed by atoms with E-state index in [1.165, 1.54) is 0 Å². The normalized spacial score (nSPS) is 13.3. The summed E-state index contributed by atoms with van der Waals surface area (Å²) in [5.41, 5.74) is 0.766. The smallest absolute Gasteiger partial charge is 0.327 e. The van der Waals surface area contributed by atoms with Gasteiger partial charge in [-0.3, -0.25) is 4.90 Å². The third-order valence-electron chi connectivity index (χ3n) is 3.17. The van der Waals surface area contributed by atoms with Crippen molar-refractivity contribution in [3.05, 3.63) is 42.6 Å².